The monoisotopic (exact) mass is 581 g/mol. The van der Waals surface area contributed by atoms with Gasteiger partial charge in [0.05, 0.1) is 18.4 Å². The number of amides is 1. The highest BCUT2D eigenvalue weighted by Crippen LogP contribution is 2.48. The lowest BCUT2D eigenvalue weighted by molar-refractivity contribution is 0.0134. The molecule has 6 rings (SSSR count). The number of methoxy groups -OCH3 is 1. The molecular weight excluding hydrogens is 544 g/mol. The van der Waals surface area contributed by atoms with Crippen molar-refractivity contribution in [3.8, 4) is 5.75 Å². The Hall–Kier alpha value is -2.35. The van der Waals surface area contributed by atoms with E-state index in [0.717, 1.165) is 48.7 Å². The van der Waals surface area contributed by atoms with E-state index in [1.807, 2.05) is 18.2 Å². The molecular formula is C32H38ClN2O4S-. The average molecular weight is 582 g/mol. The third-order valence-electron chi connectivity index (χ3n) is 9.40. The van der Waals surface area contributed by atoms with E-state index in [1.54, 1.807) is 13.2 Å². The smallest absolute Gasteiger partial charge is 0.254 e. The summed E-state index contributed by atoms with van der Waals surface area (Å²) in [5.41, 5.74) is 3.96. The zero-order valence-electron chi connectivity index (χ0n) is 23.1. The van der Waals surface area contributed by atoms with Crippen LogP contribution in [0.4, 0.5) is 5.69 Å². The molecule has 8 heteroatoms. The minimum Gasteiger partial charge on any atom is -0.491 e. The molecule has 2 aliphatic heterocycles. The molecule has 2 bridgehead atoms. The van der Waals surface area contributed by atoms with E-state index in [1.165, 1.54) is 24.0 Å². The molecule has 40 heavy (non-hydrogen) atoms. The summed E-state index contributed by atoms with van der Waals surface area (Å²) in [6, 6.07) is 11.9. The van der Waals surface area contributed by atoms with E-state index in [9.17, 15) is 9.00 Å². The lowest BCUT2D eigenvalue weighted by Crippen LogP contribution is -2.43. The molecule has 0 radical (unpaired) electrons. The van der Waals surface area contributed by atoms with Crippen LogP contribution < -0.4 is 9.64 Å². The number of benzene rings is 2. The minimum absolute atomic E-state index is 0.0521. The first-order chi connectivity index (χ1) is 19.5. The van der Waals surface area contributed by atoms with Gasteiger partial charge in [-0.05, 0) is 104 Å². The van der Waals surface area contributed by atoms with Crippen LogP contribution in [-0.4, -0.2) is 38.0 Å². The number of nitrogens with zero attached hydrogens (tertiary/aromatic N) is 2. The van der Waals surface area contributed by atoms with Crippen molar-refractivity contribution in [3.63, 3.8) is 0 Å². The molecule has 2 aromatic rings. The predicted molar refractivity (Wildman–Crippen MR) is 160 cm³/mol. The van der Waals surface area contributed by atoms with Gasteiger partial charge in [-0.3, -0.25) is 4.79 Å². The van der Waals surface area contributed by atoms with Gasteiger partial charge in [0.1, 0.15) is 5.75 Å². The Morgan fingerprint density at radius 3 is 2.73 bits per heavy atom. The highest BCUT2D eigenvalue weighted by Gasteiger charge is 2.39. The van der Waals surface area contributed by atoms with Crippen molar-refractivity contribution in [2.24, 2.45) is 22.1 Å². The first-order valence-electron chi connectivity index (χ1n) is 14.6. The largest absolute Gasteiger partial charge is 0.491 e. The summed E-state index contributed by atoms with van der Waals surface area (Å²) in [5, 5.41) is 0.778. The molecule has 0 unspecified atom stereocenters. The van der Waals surface area contributed by atoms with Gasteiger partial charge < -0.3 is 22.9 Å². The van der Waals surface area contributed by atoms with E-state index in [2.05, 4.69) is 33.5 Å². The summed E-state index contributed by atoms with van der Waals surface area (Å²) in [7, 11) is 0.232. The Balaban J connectivity index is 1.45. The van der Waals surface area contributed by atoms with E-state index < -0.39 is 16.5 Å². The number of rotatable bonds is 1. The fraction of sp³-hybridized carbons (Fsp3) is 0.531. The van der Waals surface area contributed by atoms with E-state index in [0.29, 0.717) is 54.6 Å². The first kappa shape index (κ1) is 27.8. The first-order valence-corrected chi connectivity index (χ1v) is 16.3. The molecule has 2 saturated carbocycles. The Kier molecular flexibility index (Phi) is 8.52. The number of fused-ring (bicyclic) bond motifs is 5. The number of carbonyl (C=O) groups excluding carboxylic acids is 1. The number of allylic oxidation sites excluding steroid dienone is 1. The standard InChI is InChI=1S/C32H38ClN2O4S/c1-38-30-5-3-2-4-16-40(37)34-32(36)22-9-13-31-29(17-22)35(19-23-8-12-27(23)30)20-24-6-10-25(33)18-28(24)26-11-7-21(26)14-15-39-31/h3,5-6,9-10,13,17-18,21,23,26-27,30H,2,4,7-8,11-12,14-16,19-20H2,1H3/q-1/b5-3+/t21-,23-,26-,27+,30-/m0/s1. The zero-order chi connectivity index (χ0) is 27.6. The van der Waals surface area contributed by atoms with Gasteiger partial charge in [-0.2, -0.15) is 10.6 Å². The third-order valence-corrected chi connectivity index (χ3v) is 10.6. The van der Waals surface area contributed by atoms with Gasteiger partial charge in [-0.25, -0.2) is 0 Å². The maximum atomic E-state index is 13.1. The summed E-state index contributed by atoms with van der Waals surface area (Å²) < 4.78 is 29.0. The van der Waals surface area contributed by atoms with Crippen LogP contribution in [0.1, 0.15) is 72.3 Å². The van der Waals surface area contributed by atoms with Gasteiger partial charge in [0, 0.05) is 30.8 Å². The predicted octanol–water partition coefficient (Wildman–Crippen LogP) is 7.30. The van der Waals surface area contributed by atoms with Crippen molar-refractivity contribution in [1.82, 2.24) is 0 Å². The summed E-state index contributed by atoms with van der Waals surface area (Å²) in [5.74, 6) is 2.66. The Morgan fingerprint density at radius 2 is 1.95 bits per heavy atom. The van der Waals surface area contributed by atoms with Crippen LogP contribution >= 0.6 is 11.6 Å². The van der Waals surface area contributed by atoms with Gasteiger partial charge in [0.15, 0.2) is 0 Å². The van der Waals surface area contributed by atoms with Crippen LogP contribution in [0.25, 0.3) is 0 Å². The summed E-state index contributed by atoms with van der Waals surface area (Å²) in [6.07, 6.45) is 11.5. The summed E-state index contributed by atoms with van der Waals surface area (Å²) in [6.45, 7) is 2.15. The molecule has 6 nitrogen and oxygen atoms in total. The molecule has 0 saturated heterocycles. The Bertz CT molecular complexity index is 1370. The van der Waals surface area contributed by atoms with E-state index in [-0.39, 0.29) is 6.10 Å². The van der Waals surface area contributed by atoms with Gasteiger partial charge in [-0.1, -0.05) is 42.0 Å². The fourth-order valence-electron chi connectivity index (χ4n) is 6.85. The molecule has 2 heterocycles. The second-order valence-corrected chi connectivity index (χ2v) is 13.4. The number of carbonyl (C=O) groups is 1. The van der Waals surface area contributed by atoms with E-state index in [4.69, 9.17) is 21.1 Å². The number of hydrogen-bond donors (Lipinski definition) is 0. The van der Waals surface area contributed by atoms with Crippen molar-refractivity contribution < 1.29 is 18.5 Å². The van der Waals surface area contributed by atoms with Crippen molar-refractivity contribution in [3.05, 3.63) is 70.3 Å². The normalized spacial score (nSPS) is 30.1. The number of halogens is 1. The van der Waals surface area contributed by atoms with Crippen molar-refractivity contribution >= 4 is 33.8 Å². The lowest BCUT2D eigenvalue weighted by Gasteiger charge is -2.44. The zero-order valence-corrected chi connectivity index (χ0v) is 24.7. The van der Waals surface area contributed by atoms with Crippen molar-refractivity contribution in [1.29, 1.82) is 0 Å². The van der Waals surface area contributed by atoms with Crippen LogP contribution in [0.15, 0.2) is 52.9 Å². The maximum absolute atomic E-state index is 13.1. The molecule has 0 N–H and O–H groups in total. The highest BCUT2D eigenvalue weighted by atomic mass is 35.5. The fourth-order valence-corrected chi connectivity index (χ4v) is 7.83. The van der Waals surface area contributed by atoms with Crippen molar-refractivity contribution in [2.75, 3.05) is 30.9 Å². The average Bonchev–Trinajstić information content (AvgIpc) is 2.92. The molecule has 1 amide bonds. The van der Waals surface area contributed by atoms with Crippen LogP contribution in [0.2, 0.25) is 5.02 Å². The number of hydrogen-bond acceptors (Lipinski definition) is 6. The Labute approximate surface area is 244 Å². The number of anilines is 1. The molecule has 2 aromatic carbocycles. The van der Waals surface area contributed by atoms with Crippen molar-refractivity contribution in [2.45, 2.75) is 63.5 Å². The van der Waals surface area contributed by atoms with Crippen LogP contribution in [0, 0.1) is 17.8 Å². The van der Waals surface area contributed by atoms with Crippen LogP contribution in [-0.2, 0) is 26.1 Å². The minimum atomic E-state index is -1.56. The molecule has 0 aromatic heterocycles. The van der Waals surface area contributed by atoms with Crippen LogP contribution in [0.5, 0.6) is 5.75 Å². The Morgan fingerprint density at radius 1 is 1.07 bits per heavy atom. The SMILES string of the molecule is CO[C@H]1/C=C/CCC[S-](=O)=NC(=O)c2ccc3c(c2)N(Cc2ccc(Cl)cc2[C@H]2CC[C@H]2CCO3)C[C@@H]2CC[C@H]21. The topological polar surface area (TPSA) is 68.2 Å². The molecule has 5 atom stereocenters. The lowest BCUT2D eigenvalue weighted by atomic mass is 9.67. The number of ether oxygens (including phenoxy) is 2. The van der Waals surface area contributed by atoms with Gasteiger partial charge in [0.25, 0.3) is 5.91 Å². The quantitative estimate of drug-likeness (QED) is 0.261. The summed E-state index contributed by atoms with van der Waals surface area (Å²) in [4.78, 5) is 15.5. The van der Waals surface area contributed by atoms with E-state index >= 15 is 0 Å². The second kappa shape index (κ2) is 12.3. The second-order valence-electron chi connectivity index (χ2n) is 11.7. The molecule has 0 spiro atoms. The van der Waals surface area contributed by atoms with Gasteiger partial charge in [0.2, 0.25) is 0 Å². The molecule has 214 valence electrons. The van der Waals surface area contributed by atoms with Gasteiger partial charge >= 0.3 is 0 Å². The van der Waals surface area contributed by atoms with Gasteiger partial charge in [-0.15, -0.1) is 0 Å². The molecule has 2 fully saturated rings. The molecule has 2 aliphatic carbocycles. The molecule has 4 aliphatic rings. The maximum Gasteiger partial charge on any atom is 0.254 e. The third kappa shape index (κ3) is 5.83. The summed E-state index contributed by atoms with van der Waals surface area (Å²) >= 11 is 6.53. The highest BCUT2D eigenvalue weighted by molar-refractivity contribution is 7.75. The van der Waals surface area contributed by atoms with Crippen LogP contribution in [0.3, 0.4) is 0 Å².